The van der Waals surface area contributed by atoms with Gasteiger partial charge in [0.25, 0.3) is 5.91 Å². The van der Waals surface area contributed by atoms with Gasteiger partial charge in [0.2, 0.25) is 11.6 Å². The minimum absolute atomic E-state index is 0.0143. The van der Waals surface area contributed by atoms with Crippen molar-refractivity contribution < 1.29 is 19.4 Å². The maximum absolute atomic E-state index is 11.7. The molecule has 6 nitrogen and oxygen atoms in total. The van der Waals surface area contributed by atoms with Crippen LogP contribution in [0.25, 0.3) is 0 Å². The van der Waals surface area contributed by atoms with Crippen molar-refractivity contribution in [2.45, 2.75) is 5.72 Å². The van der Waals surface area contributed by atoms with E-state index in [9.17, 15) is 9.59 Å². The highest BCUT2D eigenvalue weighted by Gasteiger charge is 2.50. The highest BCUT2D eigenvalue weighted by atomic mass is 16.5. The topological polar surface area (TPSA) is 70.1 Å². The van der Waals surface area contributed by atoms with E-state index < -0.39 is 18.2 Å². The number of piperazine rings is 1. The Morgan fingerprint density at radius 1 is 1.50 bits per heavy atom. The summed E-state index contributed by atoms with van der Waals surface area (Å²) in [7, 11) is 4.22. The maximum atomic E-state index is 11.7. The van der Waals surface area contributed by atoms with Crippen LogP contribution in [-0.2, 0) is 14.3 Å². The van der Waals surface area contributed by atoms with Gasteiger partial charge in [-0.2, -0.15) is 0 Å². The summed E-state index contributed by atoms with van der Waals surface area (Å²) in [6.07, 6.45) is 0. The van der Waals surface area contributed by atoms with Crippen LogP contribution < -0.4 is 0 Å². The zero-order valence-electron chi connectivity index (χ0n) is 8.48. The first-order chi connectivity index (χ1) is 6.49. The lowest BCUT2D eigenvalue weighted by atomic mass is 10.1. The Morgan fingerprint density at radius 3 is 2.50 bits per heavy atom. The molecule has 0 saturated carbocycles. The molecule has 14 heavy (non-hydrogen) atoms. The molecule has 0 bridgehead atoms. The Labute approximate surface area is 82.0 Å². The molecule has 1 N–H and O–H groups in total. The number of aliphatic hydroxyl groups excluding tert-OH is 1. The molecule has 1 rings (SSSR count). The second kappa shape index (κ2) is 3.55. The van der Waals surface area contributed by atoms with E-state index in [2.05, 4.69) is 0 Å². The molecule has 1 atom stereocenters. The SMILES string of the molecule is CO[C@@]1(CO)C(=O)N(C)CC(=O)N1C. The van der Waals surface area contributed by atoms with Crippen molar-refractivity contribution in [3.05, 3.63) is 0 Å². The molecular weight excluding hydrogens is 188 g/mol. The van der Waals surface area contributed by atoms with Crippen LogP contribution in [0, 0.1) is 0 Å². The number of nitrogens with zero attached hydrogens (tertiary/aromatic N) is 2. The van der Waals surface area contributed by atoms with Gasteiger partial charge in [0.1, 0.15) is 6.61 Å². The minimum atomic E-state index is -1.55. The Bertz CT molecular complexity index is 262. The highest BCUT2D eigenvalue weighted by Crippen LogP contribution is 2.21. The monoisotopic (exact) mass is 202 g/mol. The van der Waals surface area contributed by atoms with Crippen LogP contribution in [0.2, 0.25) is 0 Å². The fraction of sp³-hybridized carbons (Fsp3) is 0.750. The highest BCUT2D eigenvalue weighted by molar-refractivity contribution is 5.96. The molecule has 0 aliphatic carbocycles. The zero-order valence-corrected chi connectivity index (χ0v) is 8.48. The third-order valence-corrected chi connectivity index (χ3v) is 2.52. The van der Waals surface area contributed by atoms with E-state index in [0.29, 0.717) is 0 Å². The van der Waals surface area contributed by atoms with E-state index in [1.807, 2.05) is 0 Å². The van der Waals surface area contributed by atoms with Gasteiger partial charge in [-0.25, -0.2) is 0 Å². The molecule has 0 aromatic carbocycles. The lowest BCUT2D eigenvalue weighted by molar-refractivity contribution is -0.203. The van der Waals surface area contributed by atoms with Crippen LogP contribution in [0.3, 0.4) is 0 Å². The van der Waals surface area contributed by atoms with Gasteiger partial charge in [-0.1, -0.05) is 0 Å². The minimum Gasteiger partial charge on any atom is -0.391 e. The Balaban J connectivity index is 3.09. The molecule has 0 aromatic rings. The van der Waals surface area contributed by atoms with Crippen LogP contribution in [0.1, 0.15) is 0 Å². The van der Waals surface area contributed by atoms with Crippen molar-refractivity contribution in [3.8, 4) is 0 Å². The van der Waals surface area contributed by atoms with Crippen molar-refractivity contribution in [2.24, 2.45) is 0 Å². The summed E-state index contributed by atoms with van der Waals surface area (Å²) in [5.41, 5.74) is -1.55. The largest absolute Gasteiger partial charge is 0.391 e. The third kappa shape index (κ3) is 1.27. The molecule has 0 radical (unpaired) electrons. The molecule has 1 aliphatic rings. The molecule has 0 spiro atoms. The van der Waals surface area contributed by atoms with E-state index >= 15 is 0 Å². The van der Waals surface area contributed by atoms with Gasteiger partial charge in [-0.05, 0) is 0 Å². The fourth-order valence-electron chi connectivity index (χ4n) is 1.49. The van der Waals surface area contributed by atoms with Crippen molar-refractivity contribution in [1.29, 1.82) is 0 Å². The second-order valence-corrected chi connectivity index (χ2v) is 3.26. The Morgan fingerprint density at radius 2 is 2.07 bits per heavy atom. The maximum Gasteiger partial charge on any atom is 0.278 e. The number of carbonyl (C=O) groups is 2. The van der Waals surface area contributed by atoms with Gasteiger partial charge in [-0.15, -0.1) is 0 Å². The quantitative estimate of drug-likeness (QED) is 0.576. The smallest absolute Gasteiger partial charge is 0.278 e. The van der Waals surface area contributed by atoms with Crippen LogP contribution in [0.15, 0.2) is 0 Å². The molecule has 1 aliphatic heterocycles. The molecule has 1 fully saturated rings. The van der Waals surface area contributed by atoms with Crippen LogP contribution in [-0.4, -0.2) is 66.8 Å². The molecule has 6 heteroatoms. The first kappa shape index (κ1) is 10.9. The van der Waals surface area contributed by atoms with Crippen molar-refractivity contribution in [2.75, 3.05) is 34.4 Å². The lowest BCUT2D eigenvalue weighted by Gasteiger charge is -2.44. The molecule has 0 unspecified atom stereocenters. The number of likely N-dealkylation sites (N-methyl/N-ethyl adjacent to an activating group) is 2. The van der Waals surface area contributed by atoms with Gasteiger partial charge >= 0.3 is 0 Å². The van der Waals surface area contributed by atoms with E-state index in [-0.39, 0.29) is 12.5 Å². The van der Waals surface area contributed by atoms with Crippen molar-refractivity contribution in [3.63, 3.8) is 0 Å². The van der Waals surface area contributed by atoms with Gasteiger partial charge in [0.05, 0.1) is 6.54 Å². The fourth-order valence-corrected chi connectivity index (χ4v) is 1.49. The number of rotatable bonds is 2. The van der Waals surface area contributed by atoms with Crippen LogP contribution in [0.5, 0.6) is 0 Å². The van der Waals surface area contributed by atoms with Gasteiger partial charge < -0.3 is 19.6 Å². The number of aliphatic hydroxyl groups is 1. The van der Waals surface area contributed by atoms with E-state index in [0.717, 1.165) is 4.90 Å². The summed E-state index contributed by atoms with van der Waals surface area (Å²) in [4.78, 5) is 25.5. The summed E-state index contributed by atoms with van der Waals surface area (Å²) in [6, 6.07) is 0. The number of hydrogen-bond acceptors (Lipinski definition) is 4. The number of ether oxygens (including phenoxy) is 1. The summed E-state index contributed by atoms with van der Waals surface area (Å²) in [5.74, 6) is -0.674. The van der Waals surface area contributed by atoms with Gasteiger partial charge in [-0.3, -0.25) is 9.59 Å². The van der Waals surface area contributed by atoms with Crippen LogP contribution in [0.4, 0.5) is 0 Å². The number of carbonyl (C=O) groups excluding carboxylic acids is 2. The van der Waals surface area contributed by atoms with Crippen molar-refractivity contribution >= 4 is 11.8 Å². The predicted octanol–water partition coefficient (Wildman–Crippen LogP) is -1.75. The number of hydrogen-bond donors (Lipinski definition) is 1. The standard InChI is InChI=1S/C8H14N2O4/c1-9-4-6(12)10(2)8(5-11,14-3)7(9)13/h11H,4-5H2,1-3H3/t8-/m0/s1. The molecular formula is C8H14N2O4. The zero-order chi connectivity index (χ0) is 10.9. The summed E-state index contributed by atoms with van der Waals surface area (Å²) >= 11 is 0. The molecule has 1 heterocycles. The van der Waals surface area contributed by atoms with E-state index in [1.165, 1.54) is 26.1 Å². The summed E-state index contributed by atoms with van der Waals surface area (Å²) < 4.78 is 4.96. The summed E-state index contributed by atoms with van der Waals surface area (Å²) in [5, 5.41) is 9.15. The Kier molecular flexibility index (Phi) is 2.77. The van der Waals surface area contributed by atoms with Gasteiger partial charge in [0.15, 0.2) is 0 Å². The van der Waals surface area contributed by atoms with Crippen molar-refractivity contribution in [1.82, 2.24) is 9.80 Å². The first-order valence-corrected chi connectivity index (χ1v) is 4.18. The predicted molar refractivity (Wildman–Crippen MR) is 47.2 cm³/mol. The molecule has 80 valence electrons. The number of amides is 2. The lowest BCUT2D eigenvalue weighted by Crippen LogP contribution is -2.68. The normalized spacial score (nSPS) is 28.6. The summed E-state index contributed by atoms with van der Waals surface area (Å²) in [6.45, 7) is -0.532. The second-order valence-electron chi connectivity index (χ2n) is 3.26. The molecule has 1 saturated heterocycles. The third-order valence-electron chi connectivity index (χ3n) is 2.52. The van der Waals surface area contributed by atoms with E-state index in [1.54, 1.807) is 0 Å². The Hall–Kier alpha value is -1.14. The molecule has 2 amide bonds. The number of methoxy groups -OCH3 is 1. The average molecular weight is 202 g/mol. The van der Waals surface area contributed by atoms with Crippen LogP contribution >= 0.6 is 0 Å². The average Bonchev–Trinajstić information content (AvgIpc) is 2.18. The molecule has 0 aromatic heterocycles. The van der Waals surface area contributed by atoms with E-state index in [4.69, 9.17) is 9.84 Å². The first-order valence-electron chi connectivity index (χ1n) is 4.18. The van der Waals surface area contributed by atoms with Gasteiger partial charge in [0, 0.05) is 21.2 Å².